The van der Waals surface area contributed by atoms with Crippen molar-refractivity contribution in [3.8, 4) is 0 Å². The van der Waals surface area contributed by atoms with Crippen LogP contribution in [-0.4, -0.2) is 32.4 Å². The van der Waals surface area contributed by atoms with E-state index in [1.54, 1.807) is 0 Å². The largest absolute Gasteiger partial charge is 0.355 e. The van der Waals surface area contributed by atoms with Crippen LogP contribution in [0.3, 0.4) is 0 Å². The van der Waals surface area contributed by atoms with Gasteiger partial charge in [-0.3, -0.25) is 4.79 Å². The summed E-state index contributed by atoms with van der Waals surface area (Å²) in [4.78, 5) is 11.8. The molecule has 0 spiro atoms. The quantitative estimate of drug-likeness (QED) is 0.805. The fourth-order valence-corrected chi connectivity index (χ4v) is 3.53. The predicted molar refractivity (Wildman–Crippen MR) is 63.8 cm³/mol. The van der Waals surface area contributed by atoms with Gasteiger partial charge in [0.25, 0.3) is 0 Å². The molecule has 0 bridgehead atoms. The van der Waals surface area contributed by atoms with Crippen LogP contribution < -0.4 is 5.32 Å². The van der Waals surface area contributed by atoms with Crippen LogP contribution in [0.15, 0.2) is 0 Å². The average Bonchev–Trinajstić information content (AvgIpc) is 2.54. The first-order valence-electron chi connectivity index (χ1n) is 5.75. The Morgan fingerprint density at radius 3 is 2.50 bits per heavy atom. The summed E-state index contributed by atoms with van der Waals surface area (Å²) < 4.78 is 22.5. The maximum atomic E-state index is 11.8. The zero-order valence-corrected chi connectivity index (χ0v) is 11.1. The summed E-state index contributed by atoms with van der Waals surface area (Å²) in [6.45, 7) is 6.25. The Hall–Kier alpha value is -0.580. The highest BCUT2D eigenvalue weighted by atomic mass is 32.2. The normalized spacial score (nSPS) is 24.3. The lowest BCUT2D eigenvalue weighted by molar-refractivity contribution is -0.129. The summed E-state index contributed by atoms with van der Waals surface area (Å²) in [7, 11) is -2.84. The van der Waals surface area contributed by atoms with Crippen molar-refractivity contribution in [2.75, 3.05) is 18.1 Å². The van der Waals surface area contributed by atoms with Gasteiger partial charge in [0.15, 0.2) is 9.84 Å². The van der Waals surface area contributed by atoms with Gasteiger partial charge in [-0.25, -0.2) is 8.42 Å². The molecule has 1 saturated heterocycles. The van der Waals surface area contributed by atoms with E-state index < -0.39 is 9.84 Å². The van der Waals surface area contributed by atoms with E-state index in [-0.39, 0.29) is 28.7 Å². The molecule has 16 heavy (non-hydrogen) atoms. The minimum absolute atomic E-state index is 0.0132. The molecule has 0 aliphatic carbocycles. The summed E-state index contributed by atoms with van der Waals surface area (Å²) in [5.41, 5.74) is -0.364. The predicted octanol–water partition coefficient (Wildman–Crippen LogP) is 0.974. The van der Waals surface area contributed by atoms with Crippen molar-refractivity contribution in [3.63, 3.8) is 0 Å². The monoisotopic (exact) mass is 247 g/mol. The number of carbonyl (C=O) groups is 1. The SMILES string of the molecule is CCC(C)(C)C(=O)NCC1CCS(=O)(=O)C1. The number of nitrogens with one attached hydrogen (secondary N) is 1. The molecule has 4 nitrogen and oxygen atoms in total. The van der Waals surface area contributed by atoms with E-state index in [0.29, 0.717) is 13.0 Å². The first-order chi connectivity index (χ1) is 7.27. The first-order valence-corrected chi connectivity index (χ1v) is 7.58. The summed E-state index contributed by atoms with van der Waals surface area (Å²) in [5, 5.41) is 2.85. The third-order valence-corrected chi connectivity index (χ3v) is 5.21. The lowest BCUT2D eigenvalue weighted by atomic mass is 9.89. The van der Waals surface area contributed by atoms with Crippen molar-refractivity contribution >= 4 is 15.7 Å². The fourth-order valence-electron chi connectivity index (χ4n) is 1.67. The number of hydrogen-bond donors (Lipinski definition) is 1. The summed E-state index contributed by atoms with van der Waals surface area (Å²) in [5.74, 6) is 0.603. The van der Waals surface area contributed by atoms with E-state index in [1.807, 2.05) is 20.8 Å². The molecule has 1 heterocycles. The second-order valence-corrected chi connectivity index (χ2v) is 7.45. The van der Waals surface area contributed by atoms with Crippen molar-refractivity contribution in [2.24, 2.45) is 11.3 Å². The Bertz CT molecular complexity index is 359. The maximum Gasteiger partial charge on any atom is 0.225 e. The van der Waals surface area contributed by atoms with Crippen molar-refractivity contribution in [1.82, 2.24) is 5.32 Å². The van der Waals surface area contributed by atoms with Gasteiger partial charge in [-0.1, -0.05) is 20.8 Å². The third-order valence-electron chi connectivity index (χ3n) is 3.38. The van der Waals surface area contributed by atoms with Gasteiger partial charge < -0.3 is 5.32 Å². The molecule has 0 aromatic heterocycles. The summed E-state index contributed by atoms with van der Waals surface area (Å²) in [6, 6.07) is 0. The van der Waals surface area contributed by atoms with Gasteiger partial charge in [-0.05, 0) is 18.8 Å². The number of hydrogen-bond acceptors (Lipinski definition) is 3. The molecule has 0 aromatic rings. The van der Waals surface area contributed by atoms with Crippen LogP contribution in [0.1, 0.15) is 33.6 Å². The minimum Gasteiger partial charge on any atom is -0.355 e. The molecule has 1 amide bonds. The van der Waals surface area contributed by atoms with E-state index in [9.17, 15) is 13.2 Å². The van der Waals surface area contributed by atoms with E-state index in [4.69, 9.17) is 0 Å². The van der Waals surface area contributed by atoms with Gasteiger partial charge in [0, 0.05) is 12.0 Å². The van der Waals surface area contributed by atoms with Gasteiger partial charge >= 0.3 is 0 Å². The van der Waals surface area contributed by atoms with E-state index in [1.165, 1.54) is 0 Å². The summed E-state index contributed by atoms with van der Waals surface area (Å²) in [6.07, 6.45) is 1.46. The first kappa shape index (κ1) is 13.5. The molecule has 1 atom stereocenters. The van der Waals surface area contributed by atoms with Gasteiger partial charge in [0.05, 0.1) is 11.5 Å². The molecule has 0 saturated carbocycles. The Balaban J connectivity index is 2.39. The number of sulfone groups is 1. The van der Waals surface area contributed by atoms with E-state index in [0.717, 1.165) is 6.42 Å². The molecular formula is C11H21NO3S. The summed E-state index contributed by atoms with van der Waals surface area (Å²) >= 11 is 0. The zero-order chi connectivity index (χ0) is 12.4. The van der Waals surface area contributed by atoms with Gasteiger partial charge in [0.1, 0.15) is 0 Å². The lowest BCUT2D eigenvalue weighted by Gasteiger charge is -2.22. The topological polar surface area (TPSA) is 63.2 Å². The Labute approximate surface area is 97.7 Å². The zero-order valence-electron chi connectivity index (χ0n) is 10.2. The molecule has 0 radical (unpaired) electrons. The molecule has 1 fully saturated rings. The van der Waals surface area contributed by atoms with Crippen LogP contribution in [0.5, 0.6) is 0 Å². The Kier molecular flexibility index (Phi) is 3.99. The molecular weight excluding hydrogens is 226 g/mol. The van der Waals surface area contributed by atoms with Crippen molar-refractivity contribution in [2.45, 2.75) is 33.6 Å². The molecule has 1 unspecified atom stereocenters. The van der Waals surface area contributed by atoms with E-state index >= 15 is 0 Å². The van der Waals surface area contributed by atoms with Gasteiger partial charge in [0.2, 0.25) is 5.91 Å². The number of carbonyl (C=O) groups excluding carboxylic acids is 1. The highest BCUT2D eigenvalue weighted by molar-refractivity contribution is 7.91. The van der Waals surface area contributed by atoms with Gasteiger partial charge in [-0.2, -0.15) is 0 Å². The standard InChI is InChI=1S/C11H21NO3S/c1-4-11(2,3)10(13)12-7-9-5-6-16(14,15)8-9/h9H,4-8H2,1-3H3,(H,12,13). The molecule has 1 rings (SSSR count). The average molecular weight is 247 g/mol. The molecule has 5 heteroatoms. The highest BCUT2D eigenvalue weighted by Gasteiger charge is 2.30. The molecule has 94 valence electrons. The van der Waals surface area contributed by atoms with Crippen LogP contribution in [0.25, 0.3) is 0 Å². The van der Waals surface area contributed by atoms with E-state index in [2.05, 4.69) is 5.32 Å². The van der Waals surface area contributed by atoms with Gasteiger partial charge in [-0.15, -0.1) is 0 Å². The number of amides is 1. The molecule has 0 aromatic carbocycles. The molecule has 1 aliphatic heterocycles. The van der Waals surface area contributed by atoms with Crippen LogP contribution in [0.4, 0.5) is 0 Å². The van der Waals surface area contributed by atoms with Crippen LogP contribution in [0.2, 0.25) is 0 Å². The highest BCUT2D eigenvalue weighted by Crippen LogP contribution is 2.21. The second kappa shape index (κ2) is 4.73. The Morgan fingerprint density at radius 1 is 1.44 bits per heavy atom. The third kappa shape index (κ3) is 3.47. The van der Waals surface area contributed by atoms with Crippen LogP contribution >= 0.6 is 0 Å². The fraction of sp³-hybridized carbons (Fsp3) is 0.909. The maximum absolute atomic E-state index is 11.8. The lowest BCUT2D eigenvalue weighted by Crippen LogP contribution is -2.39. The number of rotatable bonds is 4. The van der Waals surface area contributed by atoms with Crippen LogP contribution in [-0.2, 0) is 14.6 Å². The smallest absolute Gasteiger partial charge is 0.225 e. The minimum atomic E-state index is -2.84. The van der Waals surface area contributed by atoms with Crippen molar-refractivity contribution in [3.05, 3.63) is 0 Å². The van der Waals surface area contributed by atoms with Crippen LogP contribution in [0, 0.1) is 11.3 Å². The Morgan fingerprint density at radius 2 is 2.06 bits per heavy atom. The molecule has 1 N–H and O–H groups in total. The molecule has 1 aliphatic rings. The second-order valence-electron chi connectivity index (χ2n) is 5.22. The van der Waals surface area contributed by atoms with Crippen molar-refractivity contribution in [1.29, 1.82) is 0 Å². The van der Waals surface area contributed by atoms with Crippen molar-refractivity contribution < 1.29 is 13.2 Å².